The molecular formula is C17H23F3N2O. The summed E-state index contributed by atoms with van der Waals surface area (Å²) in [6, 6.07) is 4.63. The van der Waals surface area contributed by atoms with Crippen LogP contribution in [0.1, 0.15) is 36.6 Å². The summed E-state index contributed by atoms with van der Waals surface area (Å²) in [5, 5.41) is 0. The minimum Gasteiger partial charge on any atom is -0.348 e. The van der Waals surface area contributed by atoms with Gasteiger partial charge in [0.05, 0.1) is 5.56 Å². The highest BCUT2D eigenvalue weighted by Crippen LogP contribution is 2.46. The van der Waals surface area contributed by atoms with Gasteiger partial charge >= 0.3 is 6.18 Å². The third-order valence-corrected chi connectivity index (χ3v) is 4.82. The maximum Gasteiger partial charge on any atom is 0.416 e. The summed E-state index contributed by atoms with van der Waals surface area (Å²) >= 11 is 0. The van der Waals surface area contributed by atoms with Gasteiger partial charge in [0.2, 0.25) is 0 Å². The lowest BCUT2D eigenvalue weighted by Gasteiger charge is -2.33. The Kier molecular flexibility index (Phi) is 4.67. The molecule has 23 heavy (non-hydrogen) atoms. The predicted octanol–water partition coefficient (Wildman–Crippen LogP) is 3.30. The molecule has 2 heterocycles. The SMILES string of the molecule is CCc1ccc(C2OC2N2CCN(CC)CC2)c(C(F)(F)F)c1. The van der Waals surface area contributed by atoms with Crippen molar-refractivity contribution in [1.82, 2.24) is 9.80 Å². The quantitative estimate of drug-likeness (QED) is 0.791. The number of hydrogen-bond donors (Lipinski definition) is 0. The number of piperazine rings is 1. The first-order valence-electron chi connectivity index (χ1n) is 8.26. The van der Waals surface area contributed by atoms with E-state index in [0.717, 1.165) is 32.7 Å². The zero-order valence-electron chi connectivity index (χ0n) is 13.6. The van der Waals surface area contributed by atoms with Crippen LogP contribution in [0.15, 0.2) is 18.2 Å². The maximum atomic E-state index is 13.3. The molecule has 3 nitrogen and oxygen atoms in total. The molecule has 0 bridgehead atoms. The minimum absolute atomic E-state index is 0.206. The van der Waals surface area contributed by atoms with E-state index in [1.807, 2.05) is 6.92 Å². The Morgan fingerprint density at radius 2 is 1.83 bits per heavy atom. The van der Waals surface area contributed by atoms with E-state index in [9.17, 15) is 13.2 Å². The van der Waals surface area contributed by atoms with Crippen molar-refractivity contribution in [1.29, 1.82) is 0 Å². The van der Waals surface area contributed by atoms with Crippen molar-refractivity contribution in [3.63, 3.8) is 0 Å². The zero-order valence-corrected chi connectivity index (χ0v) is 13.6. The molecule has 0 amide bonds. The first-order valence-corrected chi connectivity index (χ1v) is 8.26. The van der Waals surface area contributed by atoms with Crippen molar-refractivity contribution in [2.75, 3.05) is 32.7 Å². The van der Waals surface area contributed by atoms with Crippen LogP contribution in [0.2, 0.25) is 0 Å². The van der Waals surface area contributed by atoms with Gasteiger partial charge < -0.3 is 9.64 Å². The highest BCUT2D eigenvalue weighted by Gasteiger charge is 2.49. The summed E-state index contributed by atoms with van der Waals surface area (Å²) in [7, 11) is 0. The molecule has 2 fully saturated rings. The van der Waals surface area contributed by atoms with Gasteiger partial charge in [-0.2, -0.15) is 13.2 Å². The number of halogens is 3. The van der Waals surface area contributed by atoms with Crippen molar-refractivity contribution in [2.45, 2.75) is 38.8 Å². The van der Waals surface area contributed by atoms with Gasteiger partial charge in [-0.05, 0) is 30.2 Å². The standard InChI is InChI=1S/C17H23F3N2O/c1-3-12-5-6-13(14(11-12)17(18,19)20)15-16(23-15)22-9-7-21(4-2)8-10-22/h5-6,11,15-16H,3-4,7-10H2,1-2H3. The van der Waals surface area contributed by atoms with E-state index in [0.29, 0.717) is 12.0 Å². The molecule has 6 heteroatoms. The summed E-state index contributed by atoms with van der Waals surface area (Å²) in [5.74, 6) is 0. The number of alkyl halides is 3. The number of hydrogen-bond acceptors (Lipinski definition) is 3. The van der Waals surface area contributed by atoms with Gasteiger partial charge in [-0.1, -0.05) is 26.0 Å². The molecule has 2 aliphatic rings. The minimum atomic E-state index is -4.34. The normalized spacial score (nSPS) is 26.5. The number of nitrogens with zero attached hydrogens (tertiary/aromatic N) is 2. The van der Waals surface area contributed by atoms with Crippen LogP contribution in [0.4, 0.5) is 13.2 Å². The molecule has 0 radical (unpaired) electrons. The number of ether oxygens (including phenoxy) is 1. The molecule has 0 aromatic heterocycles. The van der Waals surface area contributed by atoms with Gasteiger partial charge in [0.25, 0.3) is 0 Å². The van der Waals surface area contributed by atoms with Crippen LogP contribution in [0.25, 0.3) is 0 Å². The van der Waals surface area contributed by atoms with Crippen molar-refractivity contribution in [2.24, 2.45) is 0 Å². The second-order valence-corrected chi connectivity index (χ2v) is 6.19. The van der Waals surface area contributed by atoms with E-state index in [1.54, 1.807) is 12.1 Å². The van der Waals surface area contributed by atoms with E-state index < -0.39 is 17.8 Å². The predicted molar refractivity (Wildman–Crippen MR) is 82.1 cm³/mol. The Labute approximate surface area is 135 Å². The van der Waals surface area contributed by atoms with Gasteiger partial charge in [-0.3, -0.25) is 4.90 Å². The Bertz CT molecular complexity index is 553. The maximum absolute atomic E-state index is 13.3. The van der Waals surface area contributed by atoms with Crippen molar-refractivity contribution in [3.8, 4) is 0 Å². The van der Waals surface area contributed by atoms with E-state index in [-0.39, 0.29) is 11.8 Å². The fourth-order valence-electron chi connectivity index (χ4n) is 3.26. The van der Waals surface area contributed by atoms with Crippen LogP contribution in [0.5, 0.6) is 0 Å². The summed E-state index contributed by atoms with van der Waals surface area (Å²) in [6.07, 6.45) is -4.40. The van der Waals surface area contributed by atoms with Gasteiger partial charge in [0.15, 0.2) is 0 Å². The van der Waals surface area contributed by atoms with Crippen molar-refractivity contribution < 1.29 is 17.9 Å². The summed E-state index contributed by atoms with van der Waals surface area (Å²) < 4.78 is 45.7. The highest BCUT2D eigenvalue weighted by molar-refractivity contribution is 5.38. The topological polar surface area (TPSA) is 19.0 Å². The van der Waals surface area contributed by atoms with E-state index in [1.165, 1.54) is 6.07 Å². The summed E-state index contributed by atoms with van der Waals surface area (Å²) in [4.78, 5) is 4.50. The van der Waals surface area contributed by atoms with Crippen molar-refractivity contribution in [3.05, 3.63) is 34.9 Å². The second-order valence-electron chi connectivity index (χ2n) is 6.19. The molecule has 0 spiro atoms. The molecule has 3 rings (SSSR count). The van der Waals surface area contributed by atoms with Gasteiger partial charge in [-0.15, -0.1) is 0 Å². The van der Waals surface area contributed by atoms with E-state index in [2.05, 4.69) is 16.7 Å². The fourth-order valence-corrected chi connectivity index (χ4v) is 3.26. The molecule has 2 saturated heterocycles. The molecule has 0 aliphatic carbocycles. The average Bonchev–Trinajstić information content (AvgIpc) is 3.34. The van der Waals surface area contributed by atoms with Crippen LogP contribution < -0.4 is 0 Å². The van der Waals surface area contributed by atoms with Crippen LogP contribution in [0.3, 0.4) is 0 Å². The number of rotatable bonds is 4. The smallest absolute Gasteiger partial charge is 0.348 e. The Morgan fingerprint density at radius 1 is 1.13 bits per heavy atom. The van der Waals surface area contributed by atoms with Crippen LogP contribution in [0, 0.1) is 0 Å². The first kappa shape index (κ1) is 16.7. The van der Waals surface area contributed by atoms with Crippen LogP contribution in [-0.2, 0) is 17.3 Å². The van der Waals surface area contributed by atoms with Crippen molar-refractivity contribution >= 4 is 0 Å². The number of aryl methyl sites for hydroxylation is 1. The molecule has 0 saturated carbocycles. The largest absolute Gasteiger partial charge is 0.416 e. The zero-order chi connectivity index (χ0) is 16.6. The highest BCUT2D eigenvalue weighted by atomic mass is 19.4. The molecule has 1 aromatic carbocycles. The molecule has 2 aliphatic heterocycles. The molecular weight excluding hydrogens is 305 g/mol. The van der Waals surface area contributed by atoms with Gasteiger partial charge in [0, 0.05) is 26.2 Å². The van der Waals surface area contributed by atoms with E-state index in [4.69, 9.17) is 4.74 Å². The van der Waals surface area contributed by atoms with E-state index >= 15 is 0 Å². The summed E-state index contributed by atoms with van der Waals surface area (Å²) in [5.41, 5.74) is 0.434. The van der Waals surface area contributed by atoms with Gasteiger partial charge in [-0.25, -0.2) is 0 Å². The number of likely N-dealkylation sites (N-methyl/N-ethyl adjacent to an activating group) is 1. The Morgan fingerprint density at radius 3 is 2.39 bits per heavy atom. The fraction of sp³-hybridized carbons (Fsp3) is 0.647. The lowest BCUT2D eigenvalue weighted by atomic mass is 9.99. The van der Waals surface area contributed by atoms with Crippen LogP contribution in [-0.4, -0.2) is 48.8 Å². The third kappa shape index (κ3) is 3.54. The Balaban J connectivity index is 1.74. The summed E-state index contributed by atoms with van der Waals surface area (Å²) in [6.45, 7) is 8.59. The van der Waals surface area contributed by atoms with Crippen LogP contribution >= 0.6 is 0 Å². The third-order valence-electron chi connectivity index (χ3n) is 4.82. The second kappa shape index (κ2) is 6.42. The number of benzene rings is 1. The monoisotopic (exact) mass is 328 g/mol. The lowest BCUT2D eigenvalue weighted by Crippen LogP contribution is -2.47. The van der Waals surface area contributed by atoms with Gasteiger partial charge in [0.1, 0.15) is 12.3 Å². The molecule has 0 N–H and O–H groups in total. The number of epoxide rings is 1. The molecule has 128 valence electrons. The Hall–Kier alpha value is -1.11. The molecule has 2 atom stereocenters. The lowest BCUT2D eigenvalue weighted by molar-refractivity contribution is -0.138. The first-order chi connectivity index (χ1) is 10.9. The molecule has 1 aromatic rings. The molecule has 2 unspecified atom stereocenters. The average molecular weight is 328 g/mol.